The highest BCUT2D eigenvalue weighted by atomic mass is 16.4. The van der Waals surface area contributed by atoms with Gasteiger partial charge in [0.1, 0.15) is 0 Å². The second kappa shape index (κ2) is 8.89. The van der Waals surface area contributed by atoms with Gasteiger partial charge >= 0.3 is 11.9 Å². The summed E-state index contributed by atoms with van der Waals surface area (Å²) in [5.41, 5.74) is 0.603. The first-order valence-corrected chi connectivity index (χ1v) is 10.3. The molecule has 2 fully saturated rings. The van der Waals surface area contributed by atoms with E-state index in [1.807, 2.05) is 23.1 Å². The molecule has 0 aromatic heterocycles. The molecule has 2 saturated heterocycles. The standard InChI is InChI=1S/C23H23N3O6/c27-20-13-19(25-8-6-24(7-9-25)14-15-4-2-1-3-5-15)21(28)26(20)18-11-16(22(29)30)10-17(12-18)23(31)32/h1-5,10-12,19H,6-9,13-14H2,(H,29,30)(H,31,32). The van der Waals surface area contributed by atoms with Gasteiger partial charge in [0.15, 0.2) is 0 Å². The summed E-state index contributed by atoms with van der Waals surface area (Å²) < 4.78 is 0. The summed E-state index contributed by atoms with van der Waals surface area (Å²) in [6.45, 7) is 3.58. The molecule has 1 unspecified atom stereocenters. The fourth-order valence-corrected chi connectivity index (χ4v) is 4.23. The number of carbonyl (C=O) groups is 4. The molecule has 0 radical (unpaired) electrons. The van der Waals surface area contributed by atoms with Crippen molar-refractivity contribution in [3.63, 3.8) is 0 Å². The van der Waals surface area contributed by atoms with Crippen LogP contribution in [0.4, 0.5) is 5.69 Å². The summed E-state index contributed by atoms with van der Waals surface area (Å²) in [5, 5.41) is 18.6. The van der Waals surface area contributed by atoms with Gasteiger partial charge in [-0.3, -0.25) is 19.4 Å². The van der Waals surface area contributed by atoms with Crippen LogP contribution in [0.2, 0.25) is 0 Å². The van der Waals surface area contributed by atoms with E-state index in [1.54, 1.807) is 0 Å². The average molecular weight is 437 g/mol. The van der Waals surface area contributed by atoms with Gasteiger partial charge in [-0.05, 0) is 23.8 Å². The third-order valence-electron chi connectivity index (χ3n) is 5.89. The van der Waals surface area contributed by atoms with Crippen molar-refractivity contribution < 1.29 is 29.4 Å². The number of carbonyl (C=O) groups excluding carboxylic acids is 2. The Morgan fingerprint density at radius 1 is 0.875 bits per heavy atom. The predicted molar refractivity (Wildman–Crippen MR) is 115 cm³/mol. The number of piperazine rings is 1. The molecule has 2 N–H and O–H groups in total. The number of aromatic carboxylic acids is 2. The van der Waals surface area contributed by atoms with E-state index in [1.165, 1.54) is 5.56 Å². The van der Waals surface area contributed by atoms with Crippen LogP contribution in [0.3, 0.4) is 0 Å². The average Bonchev–Trinajstić information content (AvgIpc) is 3.08. The summed E-state index contributed by atoms with van der Waals surface area (Å²) >= 11 is 0. The maximum absolute atomic E-state index is 13.1. The van der Waals surface area contributed by atoms with Crippen LogP contribution in [0.5, 0.6) is 0 Å². The van der Waals surface area contributed by atoms with Crippen LogP contribution >= 0.6 is 0 Å². The molecular weight excluding hydrogens is 414 g/mol. The molecule has 2 aliphatic rings. The normalized spacial score (nSPS) is 20.0. The summed E-state index contributed by atoms with van der Waals surface area (Å²) in [5.74, 6) is -3.59. The SMILES string of the molecule is O=C(O)c1cc(C(=O)O)cc(N2C(=O)CC(N3CCN(Cc4ccccc4)CC3)C2=O)c1. The number of amides is 2. The van der Waals surface area contributed by atoms with Gasteiger partial charge < -0.3 is 10.2 Å². The number of carboxylic acid groups (broad SMARTS) is 2. The number of rotatable bonds is 6. The molecule has 2 aliphatic heterocycles. The quantitative estimate of drug-likeness (QED) is 0.654. The van der Waals surface area contributed by atoms with Crippen molar-refractivity contribution >= 4 is 29.4 Å². The molecule has 0 aliphatic carbocycles. The second-order valence-corrected chi connectivity index (χ2v) is 7.96. The second-order valence-electron chi connectivity index (χ2n) is 7.96. The van der Waals surface area contributed by atoms with E-state index in [0.29, 0.717) is 13.1 Å². The Labute approximate surface area is 184 Å². The Morgan fingerprint density at radius 3 is 2.03 bits per heavy atom. The molecule has 2 aromatic rings. The van der Waals surface area contributed by atoms with Crippen LogP contribution < -0.4 is 4.90 Å². The minimum absolute atomic E-state index is 0.0166. The van der Waals surface area contributed by atoms with Gasteiger partial charge in [-0.1, -0.05) is 30.3 Å². The largest absolute Gasteiger partial charge is 0.478 e. The highest BCUT2D eigenvalue weighted by molar-refractivity contribution is 6.23. The first-order valence-electron chi connectivity index (χ1n) is 10.3. The lowest BCUT2D eigenvalue weighted by Gasteiger charge is -2.37. The van der Waals surface area contributed by atoms with E-state index in [2.05, 4.69) is 17.0 Å². The molecule has 2 heterocycles. The van der Waals surface area contributed by atoms with Crippen LogP contribution in [-0.2, 0) is 16.1 Å². The number of hydrogen-bond donors (Lipinski definition) is 2. The lowest BCUT2D eigenvalue weighted by Crippen LogP contribution is -2.52. The van der Waals surface area contributed by atoms with Crippen molar-refractivity contribution in [3.05, 3.63) is 65.2 Å². The van der Waals surface area contributed by atoms with E-state index in [-0.39, 0.29) is 23.2 Å². The third kappa shape index (κ3) is 4.39. The number of carboxylic acids is 2. The molecule has 9 heteroatoms. The van der Waals surface area contributed by atoms with Gasteiger partial charge in [-0.25, -0.2) is 14.5 Å². The lowest BCUT2D eigenvalue weighted by atomic mass is 10.1. The van der Waals surface area contributed by atoms with E-state index in [4.69, 9.17) is 0 Å². The zero-order valence-corrected chi connectivity index (χ0v) is 17.3. The summed E-state index contributed by atoms with van der Waals surface area (Å²) in [4.78, 5) is 53.7. The van der Waals surface area contributed by atoms with Crippen LogP contribution in [0.15, 0.2) is 48.5 Å². The fourth-order valence-electron chi connectivity index (χ4n) is 4.23. The van der Waals surface area contributed by atoms with Crippen LogP contribution in [0, 0.1) is 0 Å². The molecule has 0 bridgehead atoms. The van der Waals surface area contributed by atoms with Gasteiger partial charge in [-0.2, -0.15) is 0 Å². The molecule has 2 aromatic carbocycles. The van der Waals surface area contributed by atoms with Crippen LogP contribution in [0.25, 0.3) is 0 Å². The van der Waals surface area contributed by atoms with Crippen molar-refractivity contribution in [2.75, 3.05) is 31.1 Å². The van der Waals surface area contributed by atoms with Gasteiger partial charge in [0.2, 0.25) is 5.91 Å². The Bertz CT molecular complexity index is 1030. The maximum Gasteiger partial charge on any atom is 0.335 e. The maximum atomic E-state index is 13.1. The number of anilines is 1. The minimum Gasteiger partial charge on any atom is -0.478 e. The highest BCUT2D eigenvalue weighted by Gasteiger charge is 2.43. The topological polar surface area (TPSA) is 118 Å². The van der Waals surface area contributed by atoms with Crippen molar-refractivity contribution in [1.82, 2.24) is 9.80 Å². The van der Waals surface area contributed by atoms with E-state index >= 15 is 0 Å². The minimum atomic E-state index is -1.33. The van der Waals surface area contributed by atoms with E-state index in [9.17, 15) is 29.4 Å². The van der Waals surface area contributed by atoms with E-state index in [0.717, 1.165) is 42.7 Å². The number of benzene rings is 2. The van der Waals surface area contributed by atoms with Gasteiger partial charge in [0.25, 0.3) is 5.91 Å². The van der Waals surface area contributed by atoms with Gasteiger partial charge in [0, 0.05) is 32.7 Å². The first-order chi connectivity index (χ1) is 15.3. The molecule has 9 nitrogen and oxygen atoms in total. The smallest absolute Gasteiger partial charge is 0.335 e. The summed E-state index contributed by atoms with van der Waals surface area (Å²) in [6.07, 6.45) is -0.0166. The van der Waals surface area contributed by atoms with Crippen molar-refractivity contribution in [2.45, 2.75) is 19.0 Å². The number of nitrogens with zero attached hydrogens (tertiary/aromatic N) is 3. The monoisotopic (exact) mass is 437 g/mol. The van der Waals surface area contributed by atoms with Crippen LogP contribution in [-0.4, -0.2) is 76.0 Å². The number of imide groups is 1. The molecule has 4 rings (SSSR count). The van der Waals surface area contributed by atoms with Gasteiger partial charge in [-0.15, -0.1) is 0 Å². The molecule has 1 atom stereocenters. The fraction of sp³-hybridized carbons (Fsp3) is 0.304. The van der Waals surface area contributed by atoms with Crippen LogP contribution in [0.1, 0.15) is 32.7 Å². The Hall–Kier alpha value is -3.56. The van der Waals surface area contributed by atoms with E-state index < -0.39 is 29.8 Å². The van der Waals surface area contributed by atoms with Crippen molar-refractivity contribution in [3.8, 4) is 0 Å². The zero-order chi connectivity index (χ0) is 22.8. The lowest BCUT2D eigenvalue weighted by molar-refractivity contribution is -0.123. The Morgan fingerprint density at radius 2 is 1.47 bits per heavy atom. The van der Waals surface area contributed by atoms with Crippen molar-refractivity contribution in [2.24, 2.45) is 0 Å². The molecule has 2 amide bonds. The van der Waals surface area contributed by atoms with Crippen molar-refractivity contribution in [1.29, 1.82) is 0 Å². The highest BCUT2D eigenvalue weighted by Crippen LogP contribution is 2.28. The third-order valence-corrected chi connectivity index (χ3v) is 5.89. The Kier molecular flexibility index (Phi) is 6.02. The Balaban J connectivity index is 1.47. The first kappa shape index (κ1) is 21.7. The molecule has 32 heavy (non-hydrogen) atoms. The summed E-state index contributed by atoms with van der Waals surface area (Å²) in [6, 6.07) is 12.8. The molecular formula is C23H23N3O6. The predicted octanol–water partition coefficient (Wildman–Crippen LogP) is 1.53. The van der Waals surface area contributed by atoms with Gasteiger partial charge in [0.05, 0.1) is 29.3 Å². The summed E-state index contributed by atoms with van der Waals surface area (Å²) in [7, 11) is 0. The molecule has 0 saturated carbocycles. The number of hydrogen-bond acceptors (Lipinski definition) is 6. The molecule has 0 spiro atoms. The molecule has 166 valence electrons. The zero-order valence-electron chi connectivity index (χ0n) is 17.3.